The maximum atomic E-state index is 12.2. The number of rotatable bonds is 3. The van der Waals surface area contributed by atoms with Crippen LogP contribution >= 0.6 is 0 Å². The van der Waals surface area contributed by atoms with Crippen molar-refractivity contribution in [3.63, 3.8) is 0 Å². The molecule has 0 amide bonds. The summed E-state index contributed by atoms with van der Waals surface area (Å²) in [6.45, 7) is 16.6. The summed E-state index contributed by atoms with van der Waals surface area (Å²) in [5, 5.41) is 34.5. The molecule has 0 aliphatic heterocycles. The van der Waals surface area contributed by atoms with Crippen molar-refractivity contribution in [1.82, 2.24) is 0 Å². The monoisotopic (exact) mass is 476 g/mol. The van der Waals surface area contributed by atoms with Gasteiger partial charge in [-0.05, 0) is 124 Å². The van der Waals surface area contributed by atoms with Crippen LogP contribution in [0, 0.1) is 45.3 Å². The number of hydrogen-bond donors (Lipinski definition) is 3. The predicted octanol–water partition coefficient (Wildman–Crippen LogP) is 5.71. The van der Waals surface area contributed by atoms with Crippen LogP contribution in [-0.2, 0) is 4.74 Å². The van der Waals surface area contributed by atoms with Gasteiger partial charge in [-0.3, -0.25) is 0 Å². The maximum Gasteiger partial charge on any atom is 0.0988 e. The van der Waals surface area contributed by atoms with Crippen molar-refractivity contribution in [3.05, 3.63) is 0 Å². The fraction of sp³-hybridized carbons (Fsp3) is 1.00. The third-order valence-corrected chi connectivity index (χ3v) is 13.5. The molecule has 196 valence electrons. The number of aliphatic hydroxyl groups is 3. The van der Waals surface area contributed by atoms with E-state index in [9.17, 15) is 15.3 Å². The summed E-state index contributed by atoms with van der Waals surface area (Å²) in [4.78, 5) is 0. The van der Waals surface area contributed by atoms with Crippen LogP contribution in [0.3, 0.4) is 0 Å². The van der Waals surface area contributed by atoms with Gasteiger partial charge in [0, 0.05) is 12.5 Å². The van der Waals surface area contributed by atoms with Crippen molar-refractivity contribution < 1.29 is 20.1 Å². The van der Waals surface area contributed by atoms with E-state index in [1.807, 2.05) is 20.8 Å². The Morgan fingerprint density at radius 1 is 0.824 bits per heavy atom. The van der Waals surface area contributed by atoms with Crippen molar-refractivity contribution in [3.8, 4) is 0 Å². The minimum absolute atomic E-state index is 0.0611. The zero-order valence-corrected chi connectivity index (χ0v) is 23.0. The van der Waals surface area contributed by atoms with E-state index in [0.717, 1.165) is 32.1 Å². The first-order chi connectivity index (χ1) is 15.7. The van der Waals surface area contributed by atoms with Gasteiger partial charge >= 0.3 is 0 Å². The molecule has 11 atom stereocenters. The topological polar surface area (TPSA) is 69.9 Å². The van der Waals surface area contributed by atoms with Crippen LogP contribution in [0.2, 0.25) is 0 Å². The molecule has 4 heteroatoms. The summed E-state index contributed by atoms with van der Waals surface area (Å²) in [6.07, 6.45) is 9.79. The fourth-order valence-electron chi connectivity index (χ4n) is 11.7. The predicted molar refractivity (Wildman–Crippen MR) is 135 cm³/mol. The lowest BCUT2D eigenvalue weighted by Gasteiger charge is -2.72. The summed E-state index contributed by atoms with van der Waals surface area (Å²) >= 11 is 0. The van der Waals surface area contributed by atoms with Gasteiger partial charge in [0.2, 0.25) is 0 Å². The normalized spacial score (nSPS) is 57.4. The van der Waals surface area contributed by atoms with Crippen LogP contribution < -0.4 is 0 Å². The molecule has 34 heavy (non-hydrogen) atoms. The summed E-state index contributed by atoms with van der Waals surface area (Å²) in [5.74, 6) is 1.65. The molecular formula is C30H52O4. The van der Waals surface area contributed by atoms with Crippen LogP contribution in [0.1, 0.15) is 113 Å². The lowest BCUT2D eigenvalue weighted by Crippen LogP contribution is -2.69. The van der Waals surface area contributed by atoms with E-state index in [1.165, 1.54) is 25.7 Å². The van der Waals surface area contributed by atoms with E-state index in [-0.39, 0.29) is 28.3 Å². The average Bonchev–Trinajstić information content (AvgIpc) is 3.03. The zero-order chi connectivity index (χ0) is 24.9. The van der Waals surface area contributed by atoms with Crippen molar-refractivity contribution in [2.24, 2.45) is 45.3 Å². The Balaban J connectivity index is 1.53. The summed E-state index contributed by atoms with van der Waals surface area (Å²) in [6, 6.07) is 0. The fourth-order valence-corrected chi connectivity index (χ4v) is 11.7. The van der Waals surface area contributed by atoms with Gasteiger partial charge in [0.05, 0.1) is 23.4 Å². The Kier molecular flexibility index (Phi) is 5.76. The van der Waals surface area contributed by atoms with Crippen molar-refractivity contribution >= 4 is 0 Å². The lowest BCUT2D eigenvalue weighted by molar-refractivity contribution is -0.276. The number of fused-ring (bicyclic) bond motifs is 7. The van der Waals surface area contributed by atoms with E-state index in [4.69, 9.17) is 4.74 Å². The Morgan fingerprint density at radius 2 is 1.47 bits per heavy atom. The quantitative estimate of drug-likeness (QED) is 0.488. The van der Waals surface area contributed by atoms with Crippen LogP contribution in [-0.4, -0.2) is 45.3 Å². The van der Waals surface area contributed by atoms with Crippen LogP contribution in [0.4, 0.5) is 0 Å². The van der Waals surface area contributed by atoms with Gasteiger partial charge in [-0.1, -0.05) is 27.7 Å². The summed E-state index contributed by atoms with van der Waals surface area (Å²) < 4.78 is 6.13. The highest BCUT2D eigenvalue weighted by atomic mass is 16.5. The lowest BCUT2D eigenvalue weighted by atomic mass is 9.32. The molecular weight excluding hydrogens is 424 g/mol. The second-order valence-electron chi connectivity index (χ2n) is 14.8. The van der Waals surface area contributed by atoms with Gasteiger partial charge in [0.25, 0.3) is 0 Å². The van der Waals surface area contributed by atoms with E-state index in [1.54, 1.807) is 0 Å². The highest BCUT2D eigenvalue weighted by Crippen LogP contribution is 2.77. The summed E-state index contributed by atoms with van der Waals surface area (Å²) in [5.41, 5.74) is -1.20. The molecule has 5 fully saturated rings. The van der Waals surface area contributed by atoms with Gasteiger partial charge in [-0.15, -0.1) is 0 Å². The van der Waals surface area contributed by atoms with Crippen LogP contribution in [0.15, 0.2) is 0 Å². The molecule has 5 rings (SSSR count). The SMILES string of the molecule is CCOC(C)(C)[C@]1(O)CC[C@@]2(C)[C@H]1[C@@H](O)C[C@]1(C)[C@H]2CC[C@@H]2[C@]3(C)CC[C@@H](O)C[C@@H]3CC[C@]21C. The molecule has 0 spiro atoms. The Bertz CT molecular complexity index is 812. The first kappa shape index (κ1) is 25.5. The van der Waals surface area contributed by atoms with Crippen molar-refractivity contribution in [1.29, 1.82) is 0 Å². The first-order valence-electron chi connectivity index (χ1n) is 14.4. The molecule has 0 aromatic rings. The molecule has 4 nitrogen and oxygen atoms in total. The Labute approximate surface area is 208 Å². The first-order valence-corrected chi connectivity index (χ1v) is 14.4. The van der Waals surface area contributed by atoms with Crippen molar-refractivity contribution in [2.75, 3.05) is 6.61 Å². The van der Waals surface area contributed by atoms with E-state index in [0.29, 0.717) is 36.2 Å². The third kappa shape index (κ3) is 2.98. The van der Waals surface area contributed by atoms with Gasteiger partial charge in [0.1, 0.15) is 0 Å². The molecule has 0 aromatic heterocycles. The highest BCUT2D eigenvalue weighted by Gasteiger charge is 2.74. The zero-order valence-electron chi connectivity index (χ0n) is 23.0. The van der Waals surface area contributed by atoms with Crippen molar-refractivity contribution in [2.45, 2.75) is 136 Å². The minimum Gasteiger partial charge on any atom is -0.393 e. The smallest absolute Gasteiger partial charge is 0.0988 e. The largest absolute Gasteiger partial charge is 0.393 e. The van der Waals surface area contributed by atoms with Crippen LogP contribution in [0.25, 0.3) is 0 Å². The van der Waals surface area contributed by atoms with Gasteiger partial charge in [-0.25, -0.2) is 0 Å². The van der Waals surface area contributed by atoms with E-state index >= 15 is 0 Å². The number of ether oxygens (including phenoxy) is 1. The maximum absolute atomic E-state index is 12.2. The molecule has 5 saturated carbocycles. The average molecular weight is 477 g/mol. The second-order valence-corrected chi connectivity index (χ2v) is 14.8. The highest BCUT2D eigenvalue weighted by molar-refractivity contribution is 5.23. The number of aliphatic hydroxyl groups excluding tert-OH is 2. The molecule has 0 aromatic carbocycles. The Hall–Kier alpha value is -0.160. The molecule has 0 saturated heterocycles. The Morgan fingerprint density at radius 3 is 2.12 bits per heavy atom. The van der Waals surface area contributed by atoms with E-state index < -0.39 is 17.3 Å². The van der Waals surface area contributed by atoms with E-state index in [2.05, 4.69) is 27.7 Å². The number of hydrogen-bond acceptors (Lipinski definition) is 4. The van der Waals surface area contributed by atoms with Crippen LogP contribution in [0.5, 0.6) is 0 Å². The molecule has 0 heterocycles. The molecule has 5 aliphatic carbocycles. The third-order valence-electron chi connectivity index (χ3n) is 13.5. The van der Waals surface area contributed by atoms with Gasteiger partial charge in [-0.2, -0.15) is 0 Å². The molecule has 0 unspecified atom stereocenters. The standard InChI is InChI=1S/C30H52O4/c1-8-34-25(2,3)30(33)16-15-27(5)23-10-9-22-26(4)13-12-20(31)17-19(26)11-14-28(22,6)29(23,7)18-21(32)24(27)30/h19-24,31-33H,8-18H2,1-7H3/t19-,20+,21-,22+,23-,24+,26+,27+,28+,29+,30-/m0/s1. The molecule has 5 aliphatic rings. The summed E-state index contributed by atoms with van der Waals surface area (Å²) in [7, 11) is 0. The molecule has 0 bridgehead atoms. The van der Waals surface area contributed by atoms with Gasteiger partial charge in [0.15, 0.2) is 0 Å². The second kappa shape index (κ2) is 7.68. The molecule has 3 N–H and O–H groups in total. The molecule has 0 radical (unpaired) electrons. The van der Waals surface area contributed by atoms with Gasteiger partial charge < -0.3 is 20.1 Å². The minimum atomic E-state index is -1.00.